The highest BCUT2D eigenvalue weighted by molar-refractivity contribution is 6.35. The maximum Gasteiger partial charge on any atom is 0.0594 e. The molecule has 2 aliphatic heterocycles. The number of rotatable bonds is 4. The van der Waals surface area contributed by atoms with Crippen LogP contribution < -0.4 is 0 Å². The Kier molecular flexibility index (Phi) is 4.83. The van der Waals surface area contributed by atoms with Crippen LogP contribution in [0, 0.1) is 16.7 Å². The number of hydrogen-bond acceptors (Lipinski definition) is 3. The van der Waals surface area contributed by atoms with Crippen molar-refractivity contribution in [2.24, 2.45) is 16.7 Å². The summed E-state index contributed by atoms with van der Waals surface area (Å²) < 4.78 is 5.53. The molecule has 1 saturated carbocycles. The molecule has 2 atom stereocenters. The first-order valence-corrected chi connectivity index (χ1v) is 10.1. The predicted octanol–water partition coefficient (Wildman–Crippen LogP) is 4.17. The van der Waals surface area contributed by atoms with Gasteiger partial charge in [0.2, 0.25) is 0 Å². The third kappa shape index (κ3) is 3.35. The van der Waals surface area contributed by atoms with E-state index in [4.69, 9.17) is 27.9 Å². The Morgan fingerprint density at radius 3 is 2.44 bits per heavy atom. The summed E-state index contributed by atoms with van der Waals surface area (Å²) in [6.07, 6.45) is 1.31. The maximum atomic E-state index is 6.41. The molecule has 3 aliphatic rings. The molecular formula is C20H28Cl2N2O. The molecule has 3 fully saturated rings. The van der Waals surface area contributed by atoms with Gasteiger partial charge in [0.05, 0.1) is 13.2 Å². The number of fused-ring (bicyclic) bond motifs is 1. The minimum Gasteiger partial charge on any atom is -0.379 e. The molecule has 138 valence electrons. The lowest BCUT2D eigenvalue weighted by Gasteiger charge is -2.58. The predicted molar refractivity (Wildman–Crippen MR) is 103 cm³/mol. The highest BCUT2D eigenvalue weighted by atomic mass is 35.5. The van der Waals surface area contributed by atoms with Crippen LogP contribution in [0.5, 0.6) is 0 Å². The quantitative estimate of drug-likeness (QED) is 0.776. The largest absolute Gasteiger partial charge is 0.379 e. The molecule has 0 bridgehead atoms. The SMILES string of the molecule is CC1(C)C[C@]2(CN3CCOCC3)CN(Cc3c(Cl)cccc3Cl)C[C@H]12. The number of benzene rings is 1. The highest BCUT2D eigenvalue weighted by Crippen LogP contribution is 2.63. The van der Waals surface area contributed by atoms with Gasteiger partial charge in [-0.15, -0.1) is 0 Å². The summed E-state index contributed by atoms with van der Waals surface area (Å²) in [5.74, 6) is 0.754. The van der Waals surface area contributed by atoms with Gasteiger partial charge in [-0.1, -0.05) is 43.1 Å². The van der Waals surface area contributed by atoms with Crippen LogP contribution in [-0.2, 0) is 11.3 Å². The van der Waals surface area contributed by atoms with E-state index in [-0.39, 0.29) is 0 Å². The van der Waals surface area contributed by atoms with Gasteiger partial charge < -0.3 is 4.74 Å². The van der Waals surface area contributed by atoms with Gasteiger partial charge in [0.15, 0.2) is 0 Å². The summed E-state index contributed by atoms with van der Waals surface area (Å²) in [6.45, 7) is 13.1. The Labute approximate surface area is 161 Å². The van der Waals surface area contributed by atoms with Crippen LogP contribution in [0.4, 0.5) is 0 Å². The van der Waals surface area contributed by atoms with Crippen molar-refractivity contribution in [1.82, 2.24) is 9.80 Å². The van der Waals surface area contributed by atoms with E-state index in [0.29, 0.717) is 10.8 Å². The van der Waals surface area contributed by atoms with E-state index in [1.807, 2.05) is 18.2 Å². The van der Waals surface area contributed by atoms with Crippen LogP contribution in [0.2, 0.25) is 10.0 Å². The van der Waals surface area contributed by atoms with Gasteiger partial charge in [0.25, 0.3) is 0 Å². The lowest BCUT2D eigenvalue weighted by molar-refractivity contribution is -0.0966. The lowest BCUT2D eigenvalue weighted by Crippen LogP contribution is -2.59. The molecular weight excluding hydrogens is 355 g/mol. The summed E-state index contributed by atoms with van der Waals surface area (Å²) in [5.41, 5.74) is 1.94. The third-order valence-electron chi connectivity index (χ3n) is 6.56. The van der Waals surface area contributed by atoms with Gasteiger partial charge in [-0.25, -0.2) is 0 Å². The number of ether oxygens (including phenoxy) is 1. The van der Waals surface area contributed by atoms with E-state index >= 15 is 0 Å². The van der Waals surface area contributed by atoms with E-state index in [9.17, 15) is 0 Å². The fourth-order valence-electron chi connectivity index (χ4n) is 5.67. The second-order valence-electron chi connectivity index (χ2n) is 8.84. The van der Waals surface area contributed by atoms with Gasteiger partial charge in [0.1, 0.15) is 0 Å². The fourth-order valence-corrected chi connectivity index (χ4v) is 6.19. The minimum atomic E-state index is 0.425. The number of halogens is 2. The zero-order chi connectivity index (χ0) is 17.7. The van der Waals surface area contributed by atoms with E-state index in [2.05, 4.69) is 23.6 Å². The molecule has 0 spiro atoms. The Morgan fingerprint density at radius 1 is 1.12 bits per heavy atom. The zero-order valence-corrected chi connectivity index (χ0v) is 16.7. The van der Waals surface area contributed by atoms with Crippen molar-refractivity contribution < 1.29 is 4.74 Å². The summed E-state index contributed by atoms with van der Waals surface area (Å²) >= 11 is 12.8. The fraction of sp³-hybridized carbons (Fsp3) is 0.700. The van der Waals surface area contributed by atoms with Gasteiger partial charge in [0, 0.05) is 60.3 Å². The first kappa shape index (κ1) is 18.1. The molecule has 0 unspecified atom stereocenters. The monoisotopic (exact) mass is 382 g/mol. The number of morpholine rings is 1. The average Bonchev–Trinajstić information content (AvgIpc) is 2.86. The Bertz CT molecular complexity index is 624. The molecule has 0 N–H and O–H groups in total. The van der Waals surface area contributed by atoms with E-state index in [1.54, 1.807) is 0 Å². The number of hydrogen-bond donors (Lipinski definition) is 0. The van der Waals surface area contributed by atoms with Crippen molar-refractivity contribution in [3.8, 4) is 0 Å². The number of nitrogens with zero attached hydrogens (tertiary/aromatic N) is 2. The van der Waals surface area contributed by atoms with Crippen LogP contribution in [0.15, 0.2) is 18.2 Å². The van der Waals surface area contributed by atoms with Crippen molar-refractivity contribution in [3.05, 3.63) is 33.8 Å². The van der Waals surface area contributed by atoms with Crippen molar-refractivity contribution in [2.75, 3.05) is 45.9 Å². The minimum absolute atomic E-state index is 0.425. The molecule has 0 amide bonds. The molecule has 0 aromatic heterocycles. The van der Waals surface area contributed by atoms with Gasteiger partial charge in [-0.05, 0) is 29.9 Å². The second-order valence-corrected chi connectivity index (χ2v) is 9.65. The van der Waals surface area contributed by atoms with Crippen LogP contribution in [0.1, 0.15) is 25.8 Å². The summed E-state index contributed by atoms with van der Waals surface area (Å²) in [5, 5.41) is 1.57. The summed E-state index contributed by atoms with van der Waals surface area (Å²) in [6, 6.07) is 5.81. The molecule has 25 heavy (non-hydrogen) atoms. The standard InChI is InChI=1S/C20H28Cl2N2O/c1-19(2)12-20(13-23-6-8-25-9-7-23)14-24(11-18(19)20)10-15-16(21)4-3-5-17(15)22/h3-5,18H,6-14H2,1-2H3/t18-,20+/m1/s1. The van der Waals surface area contributed by atoms with Crippen molar-refractivity contribution >= 4 is 23.2 Å². The number of likely N-dealkylation sites (tertiary alicyclic amines) is 1. The maximum absolute atomic E-state index is 6.41. The summed E-state index contributed by atoms with van der Waals surface area (Å²) in [7, 11) is 0. The Balaban J connectivity index is 1.49. The van der Waals surface area contributed by atoms with Gasteiger partial charge in [-0.2, -0.15) is 0 Å². The van der Waals surface area contributed by atoms with Crippen LogP contribution in [-0.4, -0.2) is 55.7 Å². The van der Waals surface area contributed by atoms with E-state index in [1.165, 1.54) is 13.0 Å². The van der Waals surface area contributed by atoms with Crippen molar-refractivity contribution in [1.29, 1.82) is 0 Å². The average molecular weight is 383 g/mol. The Hall–Kier alpha value is -0.320. The lowest BCUT2D eigenvalue weighted by atomic mass is 9.48. The molecule has 2 heterocycles. The van der Waals surface area contributed by atoms with Gasteiger partial charge in [-0.3, -0.25) is 9.80 Å². The molecule has 1 aliphatic carbocycles. The van der Waals surface area contributed by atoms with Crippen molar-refractivity contribution in [2.45, 2.75) is 26.8 Å². The van der Waals surface area contributed by atoms with Crippen LogP contribution in [0.25, 0.3) is 0 Å². The van der Waals surface area contributed by atoms with E-state index in [0.717, 1.165) is 67.5 Å². The molecule has 4 rings (SSSR count). The molecule has 1 aromatic rings. The third-order valence-corrected chi connectivity index (χ3v) is 7.26. The molecule has 5 heteroatoms. The topological polar surface area (TPSA) is 15.7 Å². The Morgan fingerprint density at radius 2 is 1.80 bits per heavy atom. The molecule has 3 nitrogen and oxygen atoms in total. The van der Waals surface area contributed by atoms with Crippen LogP contribution in [0.3, 0.4) is 0 Å². The second kappa shape index (κ2) is 6.69. The van der Waals surface area contributed by atoms with Crippen molar-refractivity contribution in [3.63, 3.8) is 0 Å². The smallest absolute Gasteiger partial charge is 0.0594 e. The molecule has 2 saturated heterocycles. The zero-order valence-electron chi connectivity index (χ0n) is 15.2. The summed E-state index contributed by atoms with van der Waals surface area (Å²) in [4.78, 5) is 5.19. The molecule has 1 aromatic carbocycles. The molecule has 0 radical (unpaired) electrons. The normalized spacial score (nSPS) is 32.4. The van der Waals surface area contributed by atoms with Crippen LogP contribution >= 0.6 is 23.2 Å². The first-order valence-electron chi connectivity index (χ1n) is 9.35. The first-order chi connectivity index (χ1) is 11.9. The van der Waals surface area contributed by atoms with Gasteiger partial charge >= 0.3 is 0 Å². The highest BCUT2D eigenvalue weighted by Gasteiger charge is 2.62. The van der Waals surface area contributed by atoms with E-state index < -0.39 is 0 Å².